The summed E-state index contributed by atoms with van der Waals surface area (Å²) in [6.07, 6.45) is 6.04. The largest absolute Gasteiger partial charge is 0.376 e. The van der Waals surface area contributed by atoms with Gasteiger partial charge in [0, 0.05) is 7.11 Å². The number of hydrogen-bond donors (Lipinski definition) is 1. The van der Waals surface area contributed by atoms with Crippen molar-refractivity contribution in [3.05, 3.63) is 34.4 Å². The van der Waals surface area contributed by atoms with Gasteiger partial charge in [0.2, 0.25) is 0 Å². The Morgan fingerprint density at radius 2 is 1.71 bits per heavy atom. The van der Waals surface area contributed by atoms with E-state index in [-0.39, 0.29) is 5.60 Å². The zero-order chi connectivity index (χ0) is 15.5. The number of benzene rings is 1. The fourth-order valence-corrected chi connectivity index (χ4v) is 3.75. The Balaban J connectivity index is 2.42. The summed E-state index contributed by atoms with van der Waals surface area (Å²) in [6.45, 7) is 9.92. The zero-order valence-electron chi connectivity index (χ0n) is 14.4. The fourth-order valence-electron chi connectivity index (χ4n) is 3.75. The van der Waals surface area contributed by atoms with Crippen molar-refractivity contribution < 1.29 is 4.74 Å². The molecule has 21 heavy (non-hydrogen) atoms. The van der Waals surface area contributed by atoms with E-state index in [1.807, 2.05) is 7.11 Å². The SMILES string of the molecule is CCCNC(c1cc(C)c(C)cc1C)C1(OC)CCCC1. The van der Waals surface area contributed by atoms with Gasteiger partial charge >= 0.3 is 0 Å². The van der Waals surface area contributed by atoms with Crippen molar-refractivity contribution in [2.75, 3.05) is 13.7 Å². The van der Waals surface area contributed by atoms with E-state index in [4.69, 9.17) is 4.74 Å². The van der Waals surface area contributed by atoms with Gasteiger partial charge in [-0.25, -0.2) is 0 Å². The van der Waals surface area contributed by atoms with Crippen LogP contribution in [0.2, 0.25) is 0 Å². The van der Waals surface area contributed by atoms with Crippen molar-refractivity contribution in [1.29, 1.82) is 0 Å². The number of ether oxygens (including phenoxy) is 1. The minimum Gasteiger partial charge on any atom is -0.376 e. The van der Waals surface area contributed by atoms with Crippen LogP contribution in [0, 0.1) is 20.8 Å². The van der Waals surface area contributed by atoms with Gasteiger partial charge in [-0.15, -0.1) is 0 Å². The molecule has 1 saturated carbocycles. The van der Waals surface area contributed by atoms with E-state index >= 15 is 0 Å². The molecule has 0 saturated heterocycles. The van der Waals surface area contributed by atoms with E-state index in [1.54, 1.807) is 0 Å². The van der Waals surface area contributed by atoms with E-state index in [9.17, 15) is 0 Å². The van der Waals surface area contributed by atoms with Crippen LogP contribution >= 0.6 is 0 Å². The van der Waals surface area contributed by atoms with Gasteiger partial charge in [0.15, 0.2) is 0 Å². The monoisotopic (exact) mass is 289 g/mol. The third kappa shape index (κ3) is 3.32. The Labute approximate surface area is 130 Å². The highest BCUT2D eigenvalue weighted by molar-refractivity contribution is 5.39. The van der Waals surface area contributed by atoms with E-state index in [0.29, 0.717) is 6.04 Å². The lowest BCUT2D eigenvalue weighted by atomic mass is 9.83. The van der Waals surface area contributed by atoms with Crippen molar-refractivity contribution in [2.45, 2.75) is 71.4 Å². The highest BCUT2D eigenvalue weighted by Gasteiger charge is 2.42. The predicted molar refractivity (Wildman–Crippen MR) is 89.9 cm³/mol. The second-order valence-electron chi connectivity index (χ2n) is 6.66. The number of rotatable bonds is 6. The van der Waals surface area contributed by atoms with Crippen LogP contribution in [0.4, 0.5) is 0 Å². The van der Waals surface area contributed by atoms with Crippen LogP contribution in [0.5, 0.6) is 0 Å². The molecule has 2 nitrogen and oxygen atoms in total. The summed E-state index contributed by atoms with van der Waals surface area (Å²) in [5, 5.41) is 3.78. The van der Waals surface area contributed by atoms with Gasteiger partial charge in [-0.3, -0.25) is 0 Å². The zero-order valence-corrected chi connectivity index (χ0v) is 14.4. The quantitative estimate of drug-likeness (QED) is 0.825. The Kier molecular flexibility index (Phi) is 5.45. The molecular formula is C19H31NO. The molecule has 1 atom stereocenters. The van der Waals surface area contributed by atoms with Crippen LogP contribution in [0.1, 0.15) is 67.3 Å². The van der Waals surface area contributed by atoms with Crippen LogP contribution < -0.4 is 5.32 Å². The first-order chi connectivity index (χ1) is 10.0. The van der Waals surface area contributed by atoms with Crippen molar-refractivity contribution in [3.8, 4) is 0 Å². The molecule has 0 aliphatic heterocycles. The predicted octanol–water partition coefficient (Wildman–Crippen LogP) is 4.61. The molecule has 1 aromatic rings. The third-order valence-corrected chi connectivity index (χ3v) is 5.17. The molecule has 118 valence electrons. The van der Waals surface area contributed by atoms with Crippen molar-refractivity contribution in [2.24, 2.45) is 0 Å². The molecule has 0 amide bonds. The molecule has 2 heteroatoms. The van der Waals surface area contributed by atoms with Gasteiger partial charge in [-0.1, -0.05) is 31.9 Å². The second-order valence-corrected chi connectivity index (χ2v) is 6.66. The molecule has 1 aliphatic rings. The van der Waals surface area contributed by atoms with Gasteiger partial charge in [0.25, 0.3) is 0 Å². The lowest BCUT2D eigenvalue weighted by Crippen LogP contribution is -2.44. The minimum absolute atomic E-state index is 0.0262. The Hall–Kier alpha value is -0.860. The smallest absolute Gasteiger partial charge is 0.0872 e. The van der Waals surface area contributed by atoms with Crippen LogP contribution in [-0.2, 0) is 4.74 Å². The number of nitrogens with one attached hydrogen (secondary N) is 1. The molecule has 1 aliphatic carbocycles. The Bertz CT molecular complexity index is 475. The van der Waals surface area contributed by atoms with Crippen molar-refractivity contribution >= 4 is 0 Å². The lowest BCUT2D eigenvalue weighted by molar-refractivity contribution is -0.0369. The maximum Gasteiger partial charge on any atom is 0.0872 e. The first-order valence-electron chi connectivity index (χ1n) is 8.40. The summed E-state index contributed by atoms with van der Waals surface area (Å²) in [5.41, 5.74) is 5.54. The molecular weight excluding hydrogens is 258 g/mol. The molecule has 1 N–H and O–H groups in total. The van der Waals surface area contributed by atoms with E-state index in [1.165, 1.54) is 35.1 Å². The van der Waals surface area contributed by atoms with Gasteiger partial charge in [0.05, 0.1) is 11.6 Å². The Morgan fingerprint density at radius 1 is 1.10 bits per heavy atom. The standard InChI is InChI=1S/C19H31NO/c1-6-11-20-18(19(21-5)9-7-8-10-19)17-13-15(3)14(2)12-16(17)4/h12-13,18,20H,6-11H2,1-5H3. The summed E-state index contributed by atoms with van der Waals surface area (Å²) in [5.74, 6) is 0. The summed E-state index contributed by atoms with van der Waals surface area (Å²) < 4.78 is 6.07. The maximum atomic E-state index is 6.07. The van der Waals surface area contributed by atoms with Gasteiger partial charge in [-0.05, 0) is 68.8 Å². The molecule has 2 rings (SSSR count). The van der Waals surface area contributed by atoms with Crippen LogP contribution in [0.15, 0.2) is 12.1 Å². The molecule has 1 fully saturated rings. The minimum atomic E-state index is -0.0262. The second kappa shape index (κ2) is 6.93. The van der Waals surface area contributed by atoms with Gasteiger partial charge in [-0.2, -0.15) is 0 Å². The van der Waals surface area contributed by atoms with E-state index in [0.717, 1.165) is 25.8 Å². The number of aryl methyl sites for hydroxylation is 3. The number of methoxy groups -OCH3 is 1. The highest BCUT2D eigenvalue weighted by atomic mass is 16.5. The van der Waals surface area contributed by atoms with E-state index in [2.05, 4.69) is 45.1 Å². The van der Waals surface area contributed by atoms with Gasteiger partial charge in [0.1, 0.15) is 0 Å². The molecule has 0 heterocycles. The van der Waals surface area contributed by atoms with Crippen LogP contribution in [-0.4, -0.2) is 19.3 Å². The summed E-state index contributed by atoms with van der Waals surface area (Å²) in [7, 11) is 1.89. The molecule has 0 aromatic heterocycles. The normalized spacial score (nSPS) is 18.9. The fraction of sp³-hybridized carbons (Fsp3) is 0.684. The molecule has 1 unspecified atom stereocenters. The van der Waals surface area contributed by atoms with E-state index < -0.39 is 0 Å². The molecule has 0 spiro atoms. The maximum absolute atomic E-state index is 6.07. The molecule has 0 radical (unpaired) electrons. The Morgan fingerprint density at radius 3 is 2.29 bits per heavy atom. The van der Waals surface area contributed by atoms with Crippen LogP contribution in [0.25, 0.3) is 0 Å². The highest BCUT2D eigenvalue weighted by Crippen LogP contribution is 2.43. The molecule has 0 bridgehead atoms. The molecule has 1 aromatic carbocycles. The topological polar surface area (TPSA) is 21.3 Å². The average Bonchev–Trinajstić information content (AvgIpc) is 2.94. The van der Waals surface area contributed by atoms with Gasteiger partial charge < -0.3 is 10.1 Å². The third-order valence-electron chi connectivity index (χ3n) is 5.17. The first-order valence-corrected chi connectivity index (χ1v) is 8.40. The first kappa shape index (κ1) is 16.5. The summed E-state index contributed by atoms with van der Waals surface area (Å²) in [4.78, 5) is 0. The lowest BCUT2D eigenvalue weighted by Gasteiger charge is -2.38. The van der Waals surface area contributed by atoms with Crippen molar-refractivity contribution in [3.63, 3.8) is 0 Å². The van der Waals surface area contributed by atoms with Crippen molar-refractivity contribution in [1.82, 2.24) is 5.32 Å². The summed E-state index contributed by atoms with van der Waals surface area (Å²) >= 11 is 0. The van der Waals surface area contributed by atoms with Crippen LogP contribution in [0.3, 0.4) is 0 Å². The number of hydrogen-bond acceptors (Lipinski definition) is 2. The average molecular weight is 289 g/mol. The summed E-state index contributed by atoms with van der Waals surface area (Å²) in [6, 6.07) is 5.00.